The molecule has 0 radical (unpaired) electrons. The Labute approximate surface area is 119 Å². The smallest absolute Gasteiger partial charge is 0.246 e. The van der Waals surface area contributed by atoms with Crippen LogP contribution in [0, 0.1) is 17.3 Å². The van der Waals surface area contributed by atoms with Crippen LogP contribution in [0.4, 0.5) is 0 Å². The molecule has 0 aromatic heterocycles. The maximum atomic E-state index is 5.85. The van der Waals surface area contributed by atoms with E-state index in [4.69, 9.17) is 21.3 Å². The molecule has 0 spiro atoms. The van der Waals surface area contributed by atoms with Crippen molar-refractivity contribution in [2.24, 2.45) is 22.2 Å². The zero-order valence-corrected chi connectivity index (χ0v) is 13.0. The molecule has 18 heavy (non-hydrogen) atoms. The Balaban J connectivity index is 1.85. The second kappa shape index (κ2) is 4.31. The van der Waals surface area contributed by atoms with Crippen molar-refractivity contribution in [2.75, 3.05) is 11.6 Å². The van der Waals surface area contributed by atoms with E-state index >= 15 is 0 Å². The van der Waals surface area contributed by atoms with Gasteiger partial charge < -0.3 is 4.74 Å². The normalized spacial score (nSPS) is 47.8. The van der Waals surface area contributed by atoms with Crippen LogP contribution >= 0.6 is 23.4 Å². The van der Waals surface area contributed by atoms with Gasteiger partial charge in [0.25, 0.3) is 0 Å². The van der Waals surface area contributed by atoms with Gasteiger partial charge in [-0.05, 0) is 43.4 Å². The van der Waals surface area contributed by atoms with Gasteiger partial charge >= 0.3 is 0 Å². The molecule has 102 valence electrons. The summed E-state index contributed by atoms with van der Waals surface area (Å²) in [6.45, 7) is 7.11. The molecule has 0 unspecified atom stereocenters. The van der Waals surface area contributed by atoms with Crippen LogP contribution in [-0.2, 0) is 4.74 Å². The van der Waals surface area contributed by atoms with Crippen LogP contribution in [-0.4, -0.2) is 28.5 Å². The third-order valence-corrected chi connectivity index (χ3v) is 7.03. The van der Waals surface area contributed by atoms with E-state index in [1.807, 2.05) is 0 Å². The molecule has 3 fully saturated rings. The van der Waals surface area contributed by atoms with Crippen molar-refractivity contribution in [2.45, 2.75) is 51.7 Å². The lowest BCUT2D eigenvalue weighted by atomic mass is 9.64. The molecule has 1 aliphatic heterocycles. The largest absolute Gasteiger partial charge is 0.468 e. The zero-order valence-electron chi connectivity index (χ0n) is 11.4. The van der Waals surface area contributed by atoms with Gasteiger partial charge in [-0.1, -0.05) is 25.6 Å². The highest BCUT2D eigenvalue weighted by Crippen LogP contribution is 2.63. The Hall–Kier alpha value is 0.110. The maximum Gasteiger partial charge on any atom is 0.246 e. The predicted molar refractivity (Wildman–Crippen MR) is 78.5 cm³/mol. The van der Waals surface area contributed by atoms with Crippen LogP contribution in [0.1, 0.15) is 40.0 Å². The van der Waals surface area contributed by atoms with Crippen molar-refractivity contribution in [3.63, 3.8) is 0 Å². The first-order valence-electron chi connectivity index (χ1n) is 6.92. The molecular formula is C14H22ClNOS. The summed E-state index contributed by atoms with van der Waals surface area (Å²) < 4.78 is 5.82. The summed E-state index contributed by atoms with van der Waals surface area (Å²) in [5.41, 5.74) is 0.353. The Kier molecular flexibility index (Phi) is 3.14. The van der Waals surface area contributed by atoms with Gasteiger partial charge in [0.15, 0.2) is 0 Å². The molecule has 4 atom stereocenters. The van der Waals surface area contributed by atoms with E-state index in [0.717, 1.165) is 22.8 Å². The predicted octanol–water partition coefficient (Wildman–Crippen LogP) is 3.93. The van der Waals surface area contributed by atoms with E-state index in [9.17, 15) is 0 Å². The molecule has 2 aliphatic carbocycles. The molecule has 2 saturated carbocycles. The van der Waals surface area contributed by atoms with Crippen molar-refractivity contribution in [1.29, 1.82) is 0 Å². The summed E-state index contributed by atoms with van der Waals surface area (Å²) in [7, 11) is 0. The summed E-state index contributed by atoms with van der Waals surface area (Å²) in [6, 6.07) is 0. The number of fused-ring (bicyclic) bond motifs is 2. The van der Waals surface area contributed by atoms with Gasteiger partial charge in [-0.15, -0.1) is 11.6 Å². The van der Waals surface area contributed by atoms with E-state index in [-0.39, 0.29) is 11.6 Å². The van der Waals surface area contributed by atoms with Crippen molar-refractivity contribution < 1.29 is 4.74 Å². The van der Waals surface area contributed by atoms with Crippen molar-refractivity contribution in [1.82, 2.24) is 0 Å². The molecule has 1 heterocycles. The van der Waals surface area contributed by atoms with E-state index in [2.05, 4.69) is 20.8 Å². The fraction of sp³-hybridized carbons (Fsp3) is 0.929. The highest BCUT2D eigenvalue weighted by molar-refractivity contribution is 8.13. The number of hydrogen-bond donors (Lipinski definition) is 0. The summed E-state index contributed by atoms with van der Waals surface area (Å²) >= 11 is 7.58. The summed E-state index contributed by atoms with van der Waals surface area (Å²) in [6.07, 6.45) is 4.23. The minimum absolute atomic E-state index is 0.0550. The quantitative estimate of drug-likeness (QED) is 0.718. The second-order valence-electron chi connectivity index (χ2n) is 6.66. The van der Waals surface area contributed by atoms with Crippen LogP contribution in [0.15, 0.2) is 4.99 Å². The summed E-state index contributed by atoms with van der Waals surface area (Å²) in [5, 5.41) is 0.878. The number of rotatable bonds is 2. The first-order chi connectivity index (χ1) is 8.47. The van der Waals surface area contributed by atoms with Gasteiger partial charge in [0, 0.05) is 5.75 Å². The first-order valence-corrected chi connectivity index (χ1v) is 8.44. The number of hydrogen-bond acceptors (Lipinski definition) is 3. The Morgan fingerprint density at radius 2 is 2.06 bits per heavy atom. The standard InChI is InChI=1S/C14H22ClNOS/c1-13(2)9-4-5-10(6-9)14(13,3)16-12-17-11(7-15)8-18-12/h9-11H,4-8H2,1-3H3/t9-,10+,11-,14-/m1/s1. The Morgan fingerprint density at radius 1 is 1.33 bits per heavy atom. The molecule has 1 saturated heterocycles. The SMILES string of the molecule is CC1(C)[C@@H]2CC[C@@H](C2)[C@@]1(C)N=C1O[C@H](CCl)CS1. The monoisotopic (exact) mass is 287 g/mol. The second-order valence-corrected chi connectivity index (χ2v) is 7.94. The van der Waals surface area contributed by atoms with Gasteiger partial charge in [-0.3, -0.25) is 0 Å². The molecule has 0 N–H and O–H groups in total. The Morgan fingerprint density at radius 3 is 2.61 bits per heavy atom. The van der Waals surface area contributed by atoms with E-state index in [1.165, 1.54) is 19.3 Å². The summed E-state index contributed by atoms with van der Waals surface area (Å²) in [4.78, 5) is 5.04. The van der Waals surface area contributed by atoms with Gasteiger partial charge in [0.2, 0.25) is 5.23 Å². The average molecular weight is 288 g/mol. The van der Waals surface area contributed by atoms with Gasteiger partial charge in [0.1, 0.15) is 6.10 Å². The number of nitrogens with zero attached hydrogens (tertiary/aromatic N) is 1. The topological polar surface area (TPSA) is 21.6 Å². The molecule has 0 amide bonds. The van der Waals surface area contributed by atoms with Crippen LogP contribution in [0.3, 0.4) is 0 Å². The molecular weight excluding hydrogens is 266 g/mol. The molecule has 4 heteroatoms. The molecule has 2 bridgehead atoms. The molecule has 2 nitrogen and oxygen atoms in total. The molecule has 0 aromatic rings. The van der Waals surface area contributed by atoms with Crippen LogP contribution < -0.4 is 0 Å². The van der Waals surface area contributed by atoms with Crippen molar-refractivity contribution in [3.8, 4) is 0 Å². The number of halogens is 1. The lowest BCUT2D eigenvalue weighted by molar-refractivity contribution is 0.100. The highest BCUT2D eigenvalue weighted by atomic mass is 35.5. The minimum Gasteiger partial charge on any atom is -0.468 e. The fourth-order valence-electron chi connectivity index (χ4n) is 4.02. The number of aliphatic imine (C=N–C) groups is 1. The minimum atomic E-state index is 0.0550. The van der Waals surface area contributed by atoms with Crippen molar-refractivity contribution >= 4 is 28.6 Å². The van der Waals surface area contributed by atoms with Gasteiger partial charge in [-0.2, -0.15) is 0 Å². The highest BCUT2D eigenvalue weighted by Gasteiger charge is 2.60. The number of thioether (sulfide) groups is 1. The van der Waals surface area contributed by atoms with Crippen molar-refractivity contribution in [3.05, 3.63) is 0 Å². The number of alkyl halides is 1. The van der Waals surface area contributed by atoms with E-state index in [0.29, 0.717) is 11.3 Å². The van der Waals surface area contributed by atoms with E-state index < -0.39 is 0 Å². The third-order valence-electron chi connectivity index (χ3n) is 5.71. The molecule has 3 rings (SSSR count). The van der Waals surface area contributed by atoms with Gasteiger partial charge in [0.05, 0.1) is 11.4 Å². The number of ether oxygens (including phenoxy) is 1. The van der Waals surface area contributed by atoms with Gasteiger partial charge in [-0.25, -0.2) is 4.99 Å². The maximum absolute atomic E-state index is 5.85. The summed E-state index contributed by atoms with van der Waals surface area (Å²) in [5.74, 6) is 3.10. The molecule has 0 aromatic carbocycles. The van der Waals surface area contributed by atoms with E-state index in [1.54, 1.807) is 11.8 Å². The Bertz CT molecular complexity index is 384. The fourth-order valence-corrected chi connectivity index (χ4v) is 5.30. The van der Waals surface area contributed by atoms with Crippen LogP contribution in [0.25, 0.3) is 0 Å². The van der Waals surface area contributed by atoms with Crippen LogP contribution in [0.5, 0.6) is 0 Å². The molecule has 3 aliphatic rings. The lowest BCUT2D eigenvalue weighted by Crippen LogP contribution is -2.45. The lowest BCUT2D eigenvalue weighted by Gasteiger charge is -2.44. The zero-order chi connectivity index (χ0) is 13.0. The first kappa shape index (κ1) is 13.1. The van der Waals surface area contributed by atoms with Crippen LogP contribution in [0.2, 0.25) is 0 Å². The average Bonchev–Trinajstić information content (AvgIpc) is 2.99. The third kappa shape index (κ3) is 1.73.